The van der Waals surface area contributed by atoms with Gasteiger partial charge in [-0.2, -0.15) is 0 Å². The lowest BCUT2D eigenvalue weighted by molar-refractivity contribution is -0.143. The first-order valence-corrected chi connectivity index (χ1v) is 12.1. The van der Waals surface area contributed by atoms with Crippen molar-refractivity contribution in [2.24, 2.45) is 17.4 Å². The highest BCUT2D eigenvalue weighted by Crippen LogP contribution is 2.04. The fourth-order valence-corrected chi connectivity index (χ4v) is 3.06. The van der Waals surface area contributed by atoms with Gasteiger partial charge in [0.05, 0.1) is 19.3 Å². The zero-order chi connectivity index (χ0) is 29.4. The van der Waals surface area contributed by atoms with Crippen LogP contribution in [0.15, 0.2) is 0 Å². The van der Waals surface area contributed by atoms with Crippen LogP contribution in [0.2, 0.25) is 0 Å². The Hall–Kier alpha value is -3.34. The monoisotopic (exact) mass is 548 g/mol. The standard InChI is InChI=1S/C22H40N6O10/c1-11(2)17(24)21(36)25-12(6-7-16(31)32)18(33)27-15(10-30)20(35)28-14(9-29)19(34)26-13(22(37)38)5-3-4-8-23/h11-15,17,29-30H,3-10,23-24H2,1-2H3,(H,25,36)(H,26,34)(H,27,33)(H,28,35)(H,31,32)(H,37,38)/t12-,13-,14-,15-,17+/m1/s1. The van der Waals surface area contributed by atoms with Crippen molar-refractivity contribution in [2.75, 3.05) is 19.8 Å². The molecule has 218 valence electrons. The highest BCUT2D eigenvalue weighted by Gasteiger charge is 2.31. The van der Waals surface area contributed by atoms with E-state index in [0.717, 1.165) is 0 Å². The maximum absolute atomic E-state index is 12.7. The van der Waals surface area contributed by atoms with Crippen LogP contribution in [0, 0.1) is 5.92 Å². The quantitative estimate of drug-likeness (QED) is 0.0691. The Morgan fingerprint density at radius 1 is 0.684 bits per heavy atom. The number of aliphatic hydroxyl groups is 2. The Morgan fingerprint density at radius 3 is 1.53 bits per heavy atom. The highest BCUT2D eigenvalue weighted by atomic mass is 16.4. The van der Waals surface area contributed by atoms with E-state index in [1.54, 1.807) is 13.8 Å². The number of nitrogens with one attached hydrogen (secondary N) is 4. The lowest BCUT2D eigenvalue weighted by Gasteiger charge is -2.25. The molecule has 0 aromatic rings. The van der Waals surface area contributed by atoms with Crippen molar-refractivity contribution in [3.05, 3.63) is 0 Å². The molecule has 0 saturated heterocycles. The van der Waals surface area contributed by atoms with E-state index < -0.39 is 85.4 Å². The first kappa shape index (κ1) is 34.7. The number of aliphatic hydroxyl groups excluding tert-OH is 2. The van der Waals surface area contributed by atoms with Gasteiger partial charge in [0.25, 0.3) is 0 Å². The number of carbonyl (C=O) groups excluding carboxylic acids is 4. The van der Waals surface area contributed by atoms with E-state index in [0.29, 0.717) is 19.4 Å². The normalized spacial score (nSPS) is 14.9. The number of aliphatic carboxylic acids is 2. The minimum Gasteiger partial charge on any atom is -0.481 e. The van der Waals surface area contributed by atoms with Gasteiger partial charge in [-0.15, -0.1) is 0 Å². The molecule has 0 bridgehead atoms. The van der Waals surface area contributed by atoms with Gasteiger partial charge in [0.15, 0.2) is 0 Å². The van der Waals surface area contributed by atoms with E-state index in [1.165, 1.54) is 0 Å². The lowest BCUT2D eigenvalue weighted by atomic mass is 10.0. The van der Waals surface area contributed by atoms with E-state index in [9.17, 15) is 44.1 Å². The Bertz CT molecular complexity index is 824. The molecule has 0 aliphatic rings. The molecule has 38 heavy (non-hydrogen) atoms. The number of hydrogen-bond acceptors (Lipinski definition) is 10. The Labute approximate surface area is 219 Å². The number of hydrogen-bond donors (Lipinski definition) is 10. The predicted molar refractivity (Wildman–Crippen MR) is 132 cm³/mol. The van der Waals surface area contributed by atoms with Crippen LogP contribution in [0.4, 0.5) is 0 Å². The van der Waals surface area contributed by atoms with Gasteiger partial charge >= 0.3 is 11.9 Å². The molecule has 16 heteroatoms. The topological polar surface area (TPSA) is 284 Å². The van der Waals surface area contributed by atoms with E-state index in [2.05, 4.69) is 21.3 Å². The second-order valence-corrected chi connectivity index (χ2v) is 8.93. The summed E-state index contributed by atoms with van der Waals surface area (Å²) >= 11 is 0. The van der Waals surface area contributed by atoms with Gasteiger partial charge in [-0.25, -0.2) is 4.79 Å². The predicted octanol–water partition coefficient (Wildman–Crippen LogP) is -4.03. The summed E-state index contributed by atoms with van der Waals surface area (Å²) in [6.45, 7) is 1.77. The van der Waals surface area contributed by atoms with E-state index in [-0.39, 0.29) is 18.8 Å². The van der Waals surface area contributed by atoms with Crippen LogP contribution in [0.3, 0.4) is 0 Å². The molecule has 0 heterocycles. The average Bonchev–Trinajstić information content (AvgIpc) is 2.86. The third kappa shape index (κ3) is 12.8. The Kier molecular flexibility index (Phi) is 16.4. The second-order valence-electron chi connectivity index (χ2n) is 8.93. The summed E-state index contributed by atoms with van der Waals surface area (Å²) in [7, 11) is 0. The first-order chi connectivity index (χ1) is 17.8. The molecule has 0 aromatic heterocycles. The SMILES string of the molecule is CC(C)[C@H](N)C(=O)N[C@H](CCC(=O)O)C(=O)N[C@H](CO)C(=O)N[C@H](CO)C(=O)N[C@H](CCCCN)C(=O)O. The van der Waals surface area contributed by atoms with Gasteiger partial charge in [-0.05, 0) is 38.1 Å². The molecule has 0 aromatic carbocycles. The van der Waals surface area contributed by atoms with Crippen molar-refractivity contribution >= 4 is 35.6 Å². The van der Waals surface area contributed by atoms with Crippen LogP contribution in [-0.4, -0.2) is 106 Å². The molecule has 0 spiro atoms. The molecule has 5 atom stereocenters. The summed E-state index contributed by atoms with van der Waals surface area (Å²) in [5.74, 6) is -6.72. The van der Waals surface area contributed by atoms with Crippen LogP contribution >= 0.6 is 0 Å². The van der Waals surface area contributed by atoms with Gasteiger partial charge in [0.2, 0.25) is 23.6 Å². The fourth-order valence-electron chi connectivity index (χ4n) is 3.06. The van der Waals surface area contributed by atoms with Crippen molar-refractivity contribution in [1.82, 2.24) is 21.3 Å². The smallest absolute Gasteiger partial charge is 0.326 e. The van der Waals surface area contributed by atoms with Gasteiger partial charge in [-0.3, -0.25) is 24.0 Å². The van der Waals surface area contributed by atoms with Gasteiger partial charge in [-0.1, -0.05) is 13.8 Å². The first-order valence-electron chi connectivity index (χ1n) is 12.1. The summed E-state index contributed by atoms with van der Waals surface area (Å²) in [6.07, 6.45) is 0.136. The minimum absolute atomic E-state index is 0.0591. The number of carboxylic acids is 2. The van der Waals surface area contributed by atoms with Crippen LogP contribution < -0.4 is 32.7 Å². The van der Waals surface area contributed by atoms with Crippen molar-refractivity contribution in [3.8, 4) is 0 Å². The molecule has 0 radical (unpaired) electrons. The van der Waals surface area contributed by atoms with E-state index in [1.807, 2.05) is 0 Å². The molecule has 16 nitrogen and oxygen atoms in total. The number of rotatable bonds is 19. The van der Waals surface area contributed by atoms with Crippen molar-refractivity contribution in [1.29, 1.82) is 0 Å². The Balaban J connectivity index is 5.38. The number of unbranched alkanes of at least 4 members (excludes halogenated alkanes) is 1. The molecule has 0 fully saturated rings. The number of amides is 4. The molecular formula is C22H40N6O10. The molecule has 0 saturated carbocycles. The molecule has 4 amide bonds. The maximum atomic E-state index is 12.7. The summed E-state index contributed by atoms with van der Waals surface area (Å²) in [6, 6.07) is -6.99. The molecule has 0 unspecified atom stereocenters. The van der Waals surface area contributed by atoms with Crippen LogP contribution in [0.5, 0.6) is 0 Å². The second kappa shape index (κ2) is 18.0. The van der Waals surface area contributed by atoms with Crippen LogP contribution in [0.1, 0.15) is 46.0 Å². The van der Waals surface area contributed by atoms with Crippen molar-refractivity contribution in [3.63, 3.8) is 0 Å². The fraction of sp³-hybridized carbons (Fsp3) is 0.727. The molecule has 12 N–H and O–H groups in total. The zero-order valence-corrected chi connectivity index (χ0v) is 21.5. The van der Waals surface area contributed by atoms with Gasteiger partial charge < -0.3 is 53.2 Å². The molecule has 0 aliphatic carbocycles. The number of carbonyl (C=O) groups is 6. The highest BCUT2D eigenvalue weighted by molar-refractivity contribution is 5.95. The summed E-state index contributed by atoms with van der Waals surface area (Å²) in [5, 5.41) is 46.2. The summed E-state index contributed by atoms with van der Waals surface area (Å²) < 4.78 is 0. The number of nitrogens with two attached hydrogens (primary N) is 2. The van der Waals surface area contributed by atoms with Crippen molar-refractivity contribution < 1.29 is 49.2 Å². The summed E-state index contributed by atoms with van der Waals surface area (Å²) in [5.41, 5.74) is 11.1. The maximum Gasteiger partial charge on any atom is 0.326 e. The van der Waals surface area contributed by atoms with Crippen LogP contribution in [0.25, 0.3) is 0 Å². The Morgan fingerprint density at radius 2 is 1.13 bits per heavy atom. The van der Waals surface area contributed by atoms with Crippen molar-refractivity contribution in [2.45, 2.75) is 76.2 Å². The zero-order valence-electron chi connectivity index (χ0n) is 21.5. The van der Waals surface area contributed by atoms with E-state index >= 15 is 0 Å². The minimum atomic E-state index is -1.66. The van der Waals surface area contributed by atoms with Crippen LogP contribution in [-0.2, 0) is 28.8 Å². The lowest BCUT2D eigenvalue weighted by Crippen LogP contribution is -2.60. The molecular weight excluding hydrogens is 508 g/mol. The van der Waals surface area contributed by atoms with Gasteiger partial charge in [0.1, 0.15) is 24.2 Å². The third-order valence-corrected chi connectivity index (χ3v) is 5.49. The number of carboxylic acid groups (broad SMARTS) is 2. The molecule has 0 rings (SSSR count). The largest absolute Gasteiger partial charge is 0.481 e. The molecule has 0 aliphatic heterocycles. The van der Waals surface area contributed by atoms with Gasteiger partial charge in [0, 0.05) is 6.42 Å². The summed E-state index contributed by atoms with van der Waals surface area (Å²) in [4.78, 5) is 72.5. The average molecular weight is 549 g/mol. The third-order valence-electron chi connectivity index (χ3n) is 5.49. The van der Waals surface area contributed by atoms with E-state index in [4.69, 9.17) is 16.6 Å².